The smallest absolute Gasteiger partial charge is 0.341 e. The van der Waals surface area contributed by atoms with Gasteiger partial charge >= 0.3 is 5.97 Å². The van der Waals surface area contributed by atoms with Crippen molar-refractivity contribution in [3.63, 3.8) is 0 Å². The van der Waals surface area contributed by atoms with Crippen LogP contribution in [0.15, 0.2) is 35.6 Å². The average molecular weight is 319 g/mol. The van der Waals surface area contributed by atoms with Crippen molar-refractivity contribution >= 4 is 29.7 Å². The van der Waals surface area contributed by atoms with E-state index in [2.05, 4.69) is 20.5 Å². The molecule has 114 valence electrons. The Bertz CT molecular complexity index is 704. The third-order valence-electron chi connectivity index (χ3n) is 2.75. The molecule has 1 aromatic heterocycles. The highest BCUT2D eigenvalue weighted by molar-refractivity contribution is 6.33. The van der Waals surface area contributed by atoms with Gasteiger partial charge in [0.15, 0.2) is 0 Å². The molecule has 0 bridgehead atoms. The summed E-state index contributed by atoms with van der Waals surface area (Å²) in [6.07, 6.45) is 2.98. The van der Waals surface area contributed by atoms with Crippen molar-refractivity contribution in [3.05, 3.63) is 52.3 Å². The summed E-state index contributed by atoms with van der Waals surface area (Å²) in [5.41, 5.74) is 4.32. The number of ether oxygens (including phenoxy) is 1. The minimum Gasteiger partial charge on any atom is -0.462 e. The van der Waals surface area contributed by atoms with E-state index in [0.717, 1.165) is 5.56 Å². The lowest BCUT2D eigenvalue weighted by atomic mass is 10.2. The van der Waals surface area contributed by atoms with Gasteiger partial charge in [-0.1, -0.05) is 29.8 Å². The highest BCUT2D eigenvalue weighted by Crippen LogP contribution is 2.13. The molecule has 0 radical (unpaired) electrons. The Morgan fingerprint density at radius 2 is 2.23 bits per heavy atom. The number of benzene rings is 1. The van der Waals surface area contributed by atoms with E-state index in [-0.39, 0.29) is 5.95 Å². The molecule has 0 aliphatic heterocycles. The fourth-order valence-electron chi connectivity index (χ4n) is 1.67. The SMILES string of the molecule is CCOC(=O)c1cnc(NN=Cc2ccccc2Cl)nc1C. The summed E-state index contributed by atoms with van der Waals surface area (Å²) in [5.74, 6) is -0.153. The Hall–Kier alpha value is -2.47. The summed E-state index contributed by atoms with van der Waals surface area (Å²) in [6.45, 7) is 3.75. The summed E-state index contributed by atoms with van der Waals surface area (Å²) >= 11 is 6.01. The number of hydrogen-bond acceptors (Lipinski definition) is 6. The summed E-state index contributed by atoms with van der Waals surface area (Å²) in [4.78, 5) is 19.8. The van der Waals surface area contributed by atoms with E-state index in [9.17, 15) is 4.79 Å². The molecule has 0 saturated heterocycles. The fourth-order valence-corrected chi connectivity index (χ4v) is 1.85. The molecule has 1 aromatic carbocycles. The maximum atomic E-state index is 11.6. The highest BCUT2D eigenvalue weighted by atomic mass is 35.5. The number of halogens is 1. The van der Waals surface area contributed by atoms with Crippen molar-refractivity contribution in [2.45, 2.75) is 13.8 Å². The standard InChI is InChI=1S/C15H15ClN4O2/c1-3-22-14(21)12-9-17-15(19-10(12)2)20-18-8-11-6-4-5-7-13(11)16/h4-9H,3H2,1-2H3,(H,17,19,20). The number of aryl methyl sites for hydroxylation is 1. The van der Waals surface area contributed by atoms with Crippen LogP contribution in [0.1, 0.15) is 28.5 Å². The summed E-state index contributed by atoms with van der Waals surface area (Å²) in [7, 11) is 0. The zero-order valence-electron chi connectivity index (χ0n) is 12.2. The molecule has 0 fully saturated rings. The quantitative estimate of drug-likeness (QED) is 0.521. The molecule has 0 unspecified atom stereocenters. The molecular formula is C15H15ClN4O2. The monoisotopic (exact) mass is 318 g/mol. The zero-order chi connectivity index (χ0) is 15.9. The Morgan fingerprint density at radius 1 is 1.45 bits per heavy atom. The van der Waals surface area contributed by atoms with Gasteiger partial charge in [0, 0.05) is 16.8 Å². The van der Waals surface area contributed by atoms with Crippen molar-refractivity contribution in [3.8, 4) is 0 Å². The number of anilines is 1. The molecule has 0 aliphatic carbocycles. The Kier molecular flexibility index (Phi) is 5.43. The van der Waals surface area contributed by atoms with Gasteiger partial charge in [0.25, 0.3) is 0 Å². The van der Waals surface area contributed by atoms with Crippen molar-refractivity contribution in [2.75, 3.05) is 12.0 Å². The topological polar surface area (TPSA) is 76.5 Å². The predicted octanol–water partition coefficient (Wildman–Crippen LogP) is 3.06. The van der Waals surface area contributed by atoms with Crippen LogP contribution in [-0.2, 0) is 4.74 Å². The number of nitrogens with zero attached hydrogens (tertiary/aromatic N) is 3. The number of carbonyl (C=O) groups is 1. The van der Waals surface area contributed by atoms with Gasteiger partial charge < -0.3 is 4.74 Å². The number of aromatic nitrogens is 2. The molecule has 0 saturated carbocycles. The molecule has 0 aliphatic rings. The van der Waals surface area contributed by atoms with Gasteiger partial charge in [0.1, 0.15) is 0 Å². The Balaban J connectivity index is 2.07. The maximum absolute atomic E-state index is 11.6. The minimum absolute atomic E-state index is 0.286. The van der Waals surface area contributed by atoms with E-state index in [1.54, 1.807) is 26.1 Å². The van der Waals surface area contributed by atoms with Crippen LogP contribution in [0.25, 0.3) is 0 Å². The van der Waals surface area contributed by atoms with Crippen molar-refractivity contribution in [1.29, 1.82) is 0 Å². The van der Waals surface area contributed by atoms with Gasteiger partial charge in [-0.05, 0) is 19.9 Å². The van der Waals surface area contributed by atoms with Crippen LogP contribution in [0.2, 0.25) is 5.02 Å². The third kappa shape index (κ3) is 4.02. The first-order valence-corrected chi connectivity index (χ1v) is 7.04. The molecule has 0 atom stereocenters. The highest BCUT2D eigenvalue weighted by Gasteiger charge is 2.12. The van der Waals surface area contributed by atoms with E-state index in [4.69, 9.17) is 16.3 Å². The lowest BCUT2D eigenvalue weighted by molar-refractivity contribution is 0.0524. The summed E-state index contributed by atoms with van der Waals surface area (Å²) < 4.78 is 4.92. The summed E-state index contributed by atoms with van der Waals surface area (Å²) in [6, 6.07) is 7.32. The number of esters is 1. The second kappa shape index (κ2) is 7.51. The predicted molar refractivity (Wildman–Crippen MR) is 85.4 cm³/mol. The maximum Gasteiger partial charge on any atom is 0.341 e. The second-order valence-corrected chi connectivity index (χ2v) is 4.71. The molecule has 1 heterocycles. The van der Waals surface area contributed by atoms with E-state index < -0.39 is 5.97 Å². The van der Waals surface area contributed by atoms with E-state index in [1.165, 1.54) is 6.20 Å². The van der Waals surface area contributed by atoms with Crippen molar-refractivity contribution < 1.29 is 9.53 Å². The third-order valence-corrected chi connectivity index (χ3v) is 3.09. The van der Waals surface area contributed by atoms with E-state index in [0.29, 0.717) is 22.9 Å². The molecule has 2 rings (SSSR count). The first-order valence-electron chi connectivity index (χ1n) is 6.66. The van der Waals surface area contributed by atoms with Crippen LogP contribution in [0.3, 0.4) is 0 Å². The Labute approximate surface area is 133 Å². The number of hydrogen-bond donors (Lipinski definition) is 1. The van der Waals surface area contributed by atoms with Crippen LogP contribution in [0.4, 0.5) is 5.95 Å². The van der Waals surface area contributed by atoms with E-state index >= 15 is 0 Å². The van der Waals surface area contributed by atoms with Crippen LogP contribution in [-0.4, -0.2) is 28.8 Å². The number of rotatable bonds is 5. The second-order valence-electron chi connectivity index (χ2n) is 4.30. The fraction of sp³-hybridized carbons (Fsp3) is 0.200. The molecular weight excluding hydrogens is 304 g/mol. The lowest BCUT2D eigenvalue weighted by Gasteiger charge is -2.05. The summed E-state index contributed by atoms with van der Waals surface area (Å²) in [5, 5.41) is 4.62. The number of hydrazone groups is 1. The molecule has 0 spiro atoms. The Morgan fingerprint density at radius 3 is 2.91 bits per heavy atom. The molecule has 1 N–H and O–H groups in total. The number of nitrogens with one attached hydrogen (secondary N) is 1. The lowest BCUT2D eigenvalue weighted by Crippen LogP contribution is -2.10. The molecule has 22 heavy (non-hydrogen) atoms. The van der Waals surface area contributed by atoms with Gasteiger partial charge in [-0.2, -0.15) is 5.10 Å². The van der Waals surface area contributed by atoms with Gasteiger partial charge in [0.2, 0.25) is 5.95 Å². The van der Waals surface area contributed by atoms with Gasteiger partial charge in [-0.3, -0.25) is 0 Å². The first-order chi connectivity index (χ1) is 10.6. The molecule has 7 heteroatoms. The van der Waals surface area contributed by atoms with Crippen LogP contribution >= 0.6 is 11.6 Å². The van der Waals surface area contributed by atoms with E-state index in [1.807, 2.05) is 18.2 Å². The van der Waals surface area contributed by atoms with Gasteiger partial charge in [0.05, 0.1) is 24.1 Å². The average Bonchev–Trinajstić information content (AvgIpc) is 2.49. The largest absolute Gasteiger partial charge is 0.462 e. The molecule has 0 amide bonds. The zero-order valence-corrected chi connectivity index (χ0v) is 13.0. The number of carbonyl (C=O) groups excluding carboxylic acids is 1. The van der Waals surface area contributed by atoms with Gasteiger partial charge in [-0.25, -0.2) is 20.2 Å². The molecule has 6 nitrogen and oxygen atoms in total. The van der Waals surface area contributed by atoms with Crippen molar-refractivity contribution in [2.24, 2.45) is 5.10 Å². The first kappa shape index (κ1) is 15.9. The van der Waals surface area contributed by atoms with Gasteiger partial charge in [-0.15, -0.1) is 0 Å². The minimum atomic E-state index is -0.439. The molecule has 2 aromatic rings. The normalized spacial score (nSPS) is 10.7. The van der Waals surface area contributed by atoms with Crippen molar-refractivity contribution in [1.82, 2.24) is 9.97 Å². The van der Waals surface area contributed by atoms with Crippen LogP contribution < -0.4 is 5.43 Å². The van der Waals surface area contributed by atoms with Crippen LogP contribution in [0.5, 0.6) is 0 Å². The van der Waals surface area contributed by atoms with Crippen LogP contribution in [0, 0.1) is 6.92 Å².